The number of rotatable bonds is 4. The normalized spacial score (nSPS) is 30.3. The van der Waals surface area contributed by atoms with Gasteiger partial charge in [-0.15, -0.1) is 0 Å². The van der Waals surface area contributed by atoms with Gasteiger partial charge in [-0.1, -0.05) is 6.92 Å². The zero-order valence-electron chi connectivity index (χ0n) is 12.3. The van der Waals surface area contributed by atoms with Crippen LogP contribution in [0.4, 0.5) is 0 Å². The average molecular weight is 297 g/mol. The quantitative estimate of drug-likeness (QED) is 0.728. The van der Waals surface area contributed by atoms with Gasteiger partial charge in [-0.3, -0.25) is 19.3 Å². The number of carbonyl (C=O) groups is 3. The summed E-state index contributed by atoms with van der Waals surface area (Å²) in [4.78, 5) is 38.2. The number of nitrogens with zero attached hydrogens (tertiary/aromatic N) is 2. The number of hydrogen-bond acceptors (Lipinski definition) is 4. The van der Waals surface area contributed by atoms with Gasteiger partial charge in [-0.2, -0.15) is 0 Å². The van der Waals surface area contributed by atoms with Crippen LogP contribution in [0.25, 0.3) is 0 Å². The van der Waals surface area contributed by atoms with Gasteiger partial charge in [0.05, 0.1) is 12.5 Å². The fourth-order valence-electron chi connectivity index (χ4n) is 3.31. The molecule has 2 amide bonds. The number of primary amides is 1. The SMILES string of the molecule is CC1CCN(CC(=O)N2CCCC(C(N)=O)C2)C1C(=O)O. The highest BCUT2D eigenvalue weighted by Gasteiger charge is 2.38. The van der Waals surface area contributed by atoms with Gasteiger partial charge in [0.1, 0.15) is 6.04 Å². The van der Waals surface area contributed by atoms with Gasteiger partial charge in [-0.05, 0) is 31.7 Å². The molecule has 2 aliphatic rings. The molecule has 118 valence electrons. The van der Waals surface area contributed by atoms with Crippen molar-refractivity contribution in [1.82, 2.24) is 9.80 Å². The van der Waals surface area contributed by atoms with E-state index in [4.69, 9.17) is 5.73 Å². The first-order valence-electron chi connectivity index (χ1n) is 7.44. The van der Waals surface area contributed by atoms with Gasteiger partial charge in [-0.25, -0.2) is 0 Å². The van der Waals surface area contributed by atoms with Crippen LogP contribution in [0.2, 0.25) is 0 Å². The summed E-state index contributed by atoms with van der Waals surface area (Å²) in [5.41, 5.74) is 5.31. The molecule has 21 heavy (non-hydrogen) atoms. The molecule has 3 N–H and O–H groups in total. The van der Waals surface area contributed by atoms with E-state index in [-0.39, 0.29) is 30.2 Å². The molecule has 2 heterocycles. The highest BCUT2D eigenvalue weighted by Crippen LogP contribution is 2.24. The van der Waals surface area contributed by atoms with E-state index < -0.39 is 12.0 Å². The van der Waals surface area contributed by atoms with E-state index >= 15 is 0 Å². The fraction of sp³-hybridized carbons (Fsp3) is 0.786. The van der Waals surface area contributed by atoms with Crippen LogP contribution >= 0.6 is 0 Å². The van der Waals surface area contributed by atoms with Crippen molar-refractivity contribution in [3.63, 3.8) is 0 Å². The zero-order chi connectivity index (χ0) is 15.6. The molecule has 2 rings (SSSR count). The summed E-state index contributed by atoms with van der Waals surface area (Å²) < 4.78 is 0. The third kappa shape index (κ3) is 3.53. The molecule has 2 aliphatic heterocycles. The van der Waals surface area contributed by atoms with Gasteiger partial charge in [0.25, 0.3) is 0 Å². The largest absolute Gasteiger partial charge is 0.480 e. The van der Waals surface area contributed by atoms with Crippen LogP contribution in [0.1, 0.15) is 26.2 Å². The minimum Gasteiger partial charge on any atom is -0.480 e. The molecule has 0 aliphatic carbocycles. The molecule has 7 nitrogen and oxygen atoms in total. The number of piperidine rings is 1. The average Bonchev–Trinajstić information content (AvgIpc) is 2.79. The minimum atomic E-state index is -0.874. The Balaban J connectivity index is 1.95. The maximum absolute atomic E-state index is 12.3. The molecule has 0 bridgehead atoms. The van der Waals surface area contributed by atoms with Crippen molar-refractivity contribution < 1.29 is 19.5 Å². The monoisotopic (exact) mass is 297 g/mol. The van der Waals surface area contributed by atoms with Crippen LogP contribution in [-0.2, 0) is 14.4 Å². The van der Waals surface area contributed by atoms with Gasteiger partial charge in [0, 0.05) is 13.1 Å². The smallest absolute Gasteiger partial charge is 0.321 e. The molecule has 0 radical (unpaired) electrons. The van der Waals surface area contributed by atoms with E-state index in [0.29, 0.717) is 19.6 Å². The van der Waals surface area contributed by atoms with E-state index in [1.54, 1.807) is 9.80 Å². The second-order valence-corrected chi connectivity index (χ2v) is 6.10. The Morgan fingerprint density at radius 2 is 1.95 bits per heavy atom. The number of hydrogen-bond donors (Lipinski definition) is 2. The molecule has 2 fully saturated rings. The molecular weight excluding hydrogens is 274 g/mol. The molecule has 0 aromatic carbocycles. The molecule has 0 aromatic heterocycles. The fourth-order valence-corrected chi connectivity index (χ4v) is 3.31. The lowest BCUT2D eigenvalue weighted by molar-refractivity contribution is -0.144. The van der Waals surface area contributed by atoms with Crippen LogP contribution in [0, 0.1) is 11.8 Å². The summed E-state index contributed by atoms with van der Waals surface area (Å²) in [6, 6.07) is -0.592. The highest BCUT2D eigenvalue weighted by molar-refractivity contribution is 5.82. The van der Waals surface area contributed by atoms with E-state index in [1.807, 2.05) is 6.92 Å². The number of amides is 2. The number of carboxylic acids is 1. The second-order valence-electron chi connectivity index (χ2n) is 6.10. The van der Waals surface area contributed by atoms with Crippen molar-refractivity contribution in [3.05, 3.63) is 0 Å². The summed E-state index contributed by atoms with van der Waals surface area (Å²) in [5, 5.41) is 9.26. The third-order valence-electron chi connectivity index (χ3n) is 4.57. The first-order chi connectivity index (χ1) is 9.90. The van der Waals surface area contributed by atoms with Gasteiger partial charge < -0.3 is 15.7 Å². The topological polar surface area (TPSA) is 104 Å². The lowest BCUT2D eigenvalue weighted by Crippen LogP contribution is -2.49. The van der Waals surface area contributed by atoms with E-state index in [2.05, 4.69) is 0 Å². The lowest BCUT2D eigenvalue weighted by Gasteiger charge is -2.33. The Morgan fingerprint density at radius 1 is 1.24 bits per heavy atom. The van der Waals surface area contributed by atoms with Crippen molar-refractivity contribution in [2.24, 2.45) is 17.6 Å². The standard InChI is InChI=1S/C14H23N3O4/c1-9-4-6-17(12(9)14(20)21)8-11(18)16-5-2-3-10(7-16)13(15)19/h9-10,12H,2-8H2,1H3,(H2,15,19)(H,20,21). The Labute approximate surface area is 124 Å². The Hall–Kier alpha value is -1.63. The molecule has 2 saturated heterocycles. The van der Waals surface area contributed by atoms with E-state index in [9.17, 15) is 19.5 Å². The van der Waals surface area contributed by atoms with E-state index in [1.165, 1.54) is 0 Å². The summed E-state index contributed by atoms with van der Waals surface area (Å²) in [7, 11) is 0. The number of nitrogens with two attached hydrogens (primary N) is 1. The van der Waals surface area contributed by atoms with Crippen molar-refractivity contribution in [1.29, 1.82) is 0 Å². The molecule has 3 atom stereocenters. The Kier molecular flexibility index (Phi) is 4.82. The molecular formula is C14H23N3O4. The van der Waals surface area contributed by atoms with Gasteiger partial charge >= 0.3 is 5.97 Å². The number of carboxylic acid groups (broad SMARTS) is 1. The maximum atomic E-state index is 12.3. The highest BCUT2D eigenvalue weighted by atomic mass is 16.4. The van der Waals surface area contributed by atoms with Crippen molar-refractivity contribution in [2.45, 2.75) is 32.2 Å². The zero-order valence-corrected chi connectivity index (χ0v) is 12.3. The number of carbonyl (C=O) groups excluding carboxylic acids is 2. The van der Waals surface area contributed by atoms with Gasteiger partial charge in [0.15, 0.2) is 0 Å². The van der Waals surface area contributed by atoms with Crippen molar-refractivity contribution in [3.8, 4) is 0 Å². The molecule has 3 unspecified atom stereocenters. The van der Waals surface area contributed by atoms with Crippen LogP contribution in [0.5, 0.6) is 0 Å². The summed E-state index contributed by atoms with van der Waals surface area (Å²) in [5.74, 6) is -1.58. The third-order valence-corrected chi connectivity index (χ3v) is 4.57. The molecule has 0 spiro atoms. The summed E-state index contributed by atoms with van der Waals surface area (Å²) >= 11 is 0. The van der Waals surface area contributed by atoms with Crippen LogP contribution in [0.15, 0.2) is 0 Å². The predicted molar refractivity (Wildman–Crippen MR) is 75.3 cm³/mol. The van der Waals surface area contributed by atoms with Crippen molar-refractivity contribution in [2.75, 3.05) is 26.2 Å². The minimum absolute atomic E-state index is 0.0509. The summed E-state index contributed by atoms with van der Waals surface area (Å²) in [6.45, 7) is 3.59. The predicted octanol–water partition coefficient (Wildman–Crippen LogP) is -0.495. The molecule has 7 heteroatoms. The van der Waals surface area contributed by atoms with Crippen molar-refractivity contribution >= 4 is 17.8 Å². The molecule has 0 saturated carbocycles. The van der Waals surface area contributed by atoms with Crippen LogP contribution < -0.4 is 5.73 Å². The van der Waals surface area contributed by atoms with E-state index in [0.717, 1.165) is 19.3 Å². The molecule has 0 aromatic rings. The number of likely N-dealkylation sites (tertiary alicyclic amines) is 2. The number of aliphatic carboxylic acids is 1. The van der Waals surface area contributed by atoms with Crippen LogP contribution in [-0.4, -0.2) is 64.9 Å². The summed E-state index contributed by atoms with van der Waals surface area (Å²) in [6.07, 6.45) is 2.27. The lowest BCUT2D eigenvalue weighted by atomic mass is 9.97. The second kappa shape index (κ2) is 6.43. The van der Waals surface area contributed by atoms with Gasteiger partial charge in [0.2, 0.25) is 11.8 Å². The maximum Gasteiger partial charge on any atom is 0.321 e. The Morgan fingerprint density at radius 3 is 2.57 bits per heavy atom. The Bertz CT molecular complexity index is 440. The van der Waals surface area contributed by atoms with Crippen LogP contribution in [0.3, 0.4) is 0 Å². The first kappa shape index (κ1) is 15.8. The first-order valence-corrected chi connectivity index (χ1v) is 7.44.